The molecule has 0 aromatic carbocycles. The van der Waals surface area contributed by atoms with Gasteiger partial charge in [0, 0.05) is 24.8 Å². The van der Waals surface area contributed by atoms with E-state index in [1.807, 2.05) is 13.0 Å². The van der Waals surface area contributed by atoms with Crippen molar-refractivity contribution in [3.63, 3.8) is 0 Å². The van der Waals surface area contributed by atoms with Gasteiger partial charge in [-0.3, -0.25) is 0 Å². The van der Waals surface area contributed by atoms with Gasteiger partial charge >= 0.3 is 6.01 Å². The van der Waals surface area contributed by atoms with Crippen molar-refractivity contribution in [2.45, 2.75) is 26.4 Å². The topological polar surface area (TPSA) is 56.3 Å². The highest BCUT2D eigenvalue weighted by atomic mass is 16.5. The summed E-state index contributed by atoms with van der Waals surface area (Å²) in [5.74, 6) is 0.594. The number of aryl methyl sites for hydroxylation is 1. The molecule has 2 heterocycles. The molecule has 5 nitrogen and oxygen atoms in total. The molecule has 0 radical (unpaired) electrons. The van der Waals surface area contributed by atoms with E-state index < -0.39 is 0 Å². The van der Waals surface area contributed by atoms with Gasteiger partial charge in [0.25, 0.3) is 0 Å². The molecule has 0 bridgehead atoms. The summed E-state index contributed by atoms with van der Waals surface area (Å²) in [5, 5.41) is 3.13. The number of rotatable bonds is 5. The van der Waals surface area contributed by atoms with E-state index >= 15 is 0 Å². The first-order valence-electron chi connectivity index (χ1n) is 5.64. The number of hydrogen-bond donors (Lipinski definition) is 1. The van der Waals surface area contributed by atoms with E-state index in [4.69, 9.17) is 9.47 Å². The minimum Gasteiger partial charge on any atom is -0.478 e. The van der Waals surface area contributed by atoms with Crippen molar-refractivity contribution < 1.29 is 9.47 Å². The minimum atomic E-state index is 0.195. The third kappa shape index (κ3) is 2.82. The van der Waals surface area contributed by atoms with Crippen LogP contribution in [0.2, 0.25) is 0 Å². The molecule has 0 spiro atoms. The van der Waals surface area contributed by atoms with Crippen LogP contribution in [0.5, 0.6) is 11.9 Å². The Bertz CT molecular complexity index is 353. The fourth-order valence-electron chi connectivity index (χ4n) is 1.34. The van der Waals surface area contributed by atoms with E-state index in [1.54, 1.807) is 0 Å². The Kier molecular flexibility index (Phi) is 3.56. The molecule has 0 saturated carbocycles. The van der Waals surface area contributed by atoms with E-state index in [-0.39, 0.29) is 6.10 Å². The smallest absolute Gasteiger partial charge is 0.320 e. The van der Waals surface area contributed by atoms with Crippen molar-refractivity contribution in [1.29, 1.82) is 0 Å². The van der Waals surface area contributed by atoms with E-state index in [0.717, 1.165) is 25.2 Å². The summed E-state index contributed by atoms with van der Waals surface area (Å²) in [5.41, 5.74) is 0.864. The molecule has 1 aliphatic heterocycles. The minimum absolute atomic E-state index is 0.195. The normalized spacial score (nSPS) is 15.6. The molecule has 1 aromatic heterocycles. The lowest BCUT2D eigenvalue weighted by Crippen LogP contribution is -2.50. The Labute approximate surface area is 95.2 Å². The van der Waals surface area contributed by atoms with Crippen molar-refractivity contribution in [3.8, 4) is 11.9 Å². The van der Waals surface area contributed by atoms with E-state index in [9.17, 15) is 0 Å². The van der Waals surface area contributed by atoms with E-state index in [0.29, 0.717) is 18.5 Å². The maximum absolute atomic E-state index is 5.59. The first kappa shape index (κ1) is 11.1. The van der Waals surface area contributed by atoms with Crippen molar-refractivity contribution in [3.05, 3.63) is 11.8 Å². The zero-order valence-electron chi connectivity index (χ0n) is 9.69. The first-order chi connectivity index (χ1) is 7.78. The standard InChI is InChI=1S/C11H17N3O2/c1-3-4-15-10-5-8(2)13-11(14-10)16-9-6-12-7-9/h5,9,12H,3-4,6-7H2,1-2H3. The number of aromatic nitrogens is 2. The monoisotopic (exact) mass is 223 g/mol. The van der Waals surface area contributed by atoms with Crippen molar-refractivity contribution >= 4 is 0 Å². The van der Waals surface area contributed by atoms with Gasteiger partial charge in [0.1, 0.15) is 6.10 Å². The second-order valence-electron chi connectivity index (χ2n) is 3.88. The second kappa shape index (κ2) is 5.12. The van der Waals surface area contributed by atoms with Crippen LogP contribution in [-0.4, -0.2) is 35.8 Å². The van der Waals surface area contributed by atoms with Crippen LogP contribution in [0.1, 0.15) is 19.0 Å². The quantitative estimate of drug-likeness (QED) is 0.804. The van der Waals surface area contributed by atoms with Crippen LogP contribution < -0.4 is 14.8 Å². The molecule has 1 saturated heterocycles. The molecule has 0 aliphatic carbocycles. The Hall–Kier alpha value is -1.36. The van der Waals surface area contributed by atoms with Crippen molar-refractivity contribution in [1.82, 2.24) is 15.3 Å². The Morgan fingerprint density at radius 2 is 2.25 bits per heavy atom. The predicted molar refractivity (Wildman–Crippen MR) is 59.8 cm³/mol. The molecule has 0 unspecified atom stereocenters. The van der Waals surface area contributed by atoms with Crippen LogP contribution in [0, 0.1) is 6.92 Å². The van der Waals surface area contributed by atoms with Crippen LogP contribution in [0.4, 0.5) is 0 Å². The summed E-state index contributed by atoms with van der Waals surface area (Å²) >= 11 is 0. The molecule has 0 atom stereocenters. The molecule has 16 heavy (non-hydrogen) atoms. The third-order valence-electron chi connectivity index (χ3n) is 2.28. The maximum Gasteiger partial charge on any atom is 0.320 e. The molecular weight excluding hydrogens is 206 g/mol. The van der Waals surface area contributed by atoms with E-state index in [1.165, 1.54) is 0 Å². The highest BCUT2D eigenvalue weighted by molar-refractivity contribution is 5.17. The first-order valence-corrected chi connectivity index (χ1v) is 5.64. The lowest BCUT2D eigenvalue weighted by Gasteiger charge is -2.26. The van der Waals surface area contributed by atoms with Crippen molar-refractivity contribution in [2.24, 2.45) is 0 Å². The van der Waals surface area contributed by atoms with Gasteiger partial charge in [-0.25, -0.2) is 4.98 Å². The second-order valence-corrected chi connectivity index (χ2v) is 3.88. The summed E-state index contributed by atoms with van der Waals surface area (Å²) in [7, 11) is 0. The molecule has 1 N–H and O–H groups in total. The largest absolute Gasteiger partial charge is 0.478 e. The Morgan fingerprint density at radius 1 is 1.44 bits per heavy atom. The SMILES string of the molecule is CCCOc1cc(C)nc(OC2CNC2)n1. The zero-order chi connectivity index (χ0) is 11.4. The van der Waals surface area contributed by atoms with Crippen LogP contribution in [0.25, 0.3) is 0 Å². The van der Waals surface area contributed by atoms with E-state index in [2.05, 4.69) is 22.2 Å². The molecular formula is C11H17N3O2. The van der Waals surface area contributed by atoms with Gasteiger partial charge in [-0.05, 0) is 13.3 Å². The molecule has 1 aromatic rings. The zero-order valence-corrected chi connectivity index (χ0v) is 9.69. The summed E-state index contributed by atoms with van der Waals surface area (Å²) in [6.07, 6.45) is 1.16. The highest BCUT2D eigenvalue weighted by Gasteiger charge is 2.20. The summed E-state index contributed by atoms with van der Waals surface area (Å²) in [6.45, 7) is 6.36. The van der Waals surface area contributed by atoms with Crippen molar-refractivity contribution in [2.75, 3.05) is 19.7 Å². The van der Waals surface area contributed by atoms with Gasteiger partial charge in [-0.15, -0.1) is 0 Å². The summed E-state index contributed by atoms with van der Waals surface area (Å²) < 4.78 is 11.1. The third-order valence-corrected chi connectivity index (χ3v) is 2.28. The van der Waals surface area contributed by atoms with Gasteiger partial charge in [0.15, 0.2) is 0 Å². The van der Waals surface area contributed by atoms with Gasteiger partial charge in [-0.2, -0.15) is 4.98 Å². The molecule has 2 rings (SSSR count). The molecule has 0 amide bonds. The number of ether oxygens (including phenoxy) is 2. The molecule has 88 valence electrons. The maximum atomic E-state index is 5.59. The lowest BCUT2D eigenvalue weighted by molar-refractivity contribution is 0.127. The van der Waals surface area contributed by atoms with Crippen LogP contribution in [0.15, 0.2) is 6.07 Å². The number of nitrogens with zero attached hydrogens (tertiary/aromatic N) is 2. The fourth-order valence-corrected chi connectivity index (χ4v) is 1.34. The van der Waals surface area contributed by atoms with Crippen LogP contribution >= 0.6 is 0 Å². The Morgan fingerprint density at radius 3 is 2.88 bits per heavy atom. The number of hydrogen-bond acceptors (Lipinski definition) is 5. The van der Waals surface area contributed by atoms with Crippen LogP contribution in [-0.2, 0) is 0 Å². The molecule has 1 fully saturated rings. The number of nitrogens with one attached hydrogen (secondary N) is 1. The van der Waals surface area contributed by atoms with Gasteiger partial charge in [0.05, 0.1) is 6.61 Å². The average molecular weight is 223 g/mol. The van der Waals surface area contributed by atoms with Gasteiger partial charge < -0.3 is 14.8 Å². The predicted octanol–water partition coefficient (Wildman–Crippen LogP) is 0.924. The highest BCUT2D eigenvalue weighted by Crippen LogP contribution is 2.15. The van der Waals surface area contributed by atoms with Gasteiger partial charge in [0.2, 0.25) is 5.88 Å². The molecule has 1 aliphatic rings. The van der Waals surface area contributed by atoms with Gasteiger partial charge in [-0.1, -0.05) is 6.92 Å². The van der Waals surface area contributed by atoms with Crippen LogP contribution in [0.3, 0.4) is 0 Å². The molecule has 5 heteroatoms. The average Bonchev–Trinajstić information content (AvgIpc) is 2.20. The fraction of sp³-hybridized carbons (Fsp3) is 0.636. The summed E-state index contributed by atoms with van der Waals surface area (Å²) in [4.78, 5) is 8.43. The lowest BCUT2D eigenvalue weighted by atomic mass is 10.2. The Balaban J connectivity index is 2.02. The summed E-state index contributed by atoms with van der Waals surface area (Å²) in [6, 6.07) is 2.24.